The molecule has 0 radical (unpaired) electrons. The minimum atomic E-state index is -0.144. The Morgan fingerprint density at radius 2 is 1.67 bits per heavy atom. The fourth-order valence-electron chi connectivity index (χ4n) is 1.67. The van der Waals surface area contributed by atoms with Crippen molar-refractivity contribution in [3.63, 3.8) is 0 Å². The van der Waals surface area contributed by atoms with Gasteiger partial charge in [0.05, 0.1) is 0 Å². The molecule has 0 unspecified atom stereocenters. The molecule has 0 saturated carbocycles. The van der Waals surface area contributed by atoms with E-state index in [1.807, 2.05) is 31.2 Å². The average molecular weight is 242 g/mol. The van der Waals surface area contributed by atoms with Crippen LogP contribution in [0.1, 0.15) is 32.2 Å². The standard InChI is InChI=1S/C14H18N4/c1-9-7-5-6-8-10(9)11-16-12(14(2,3)4)18-13(15)17-11/h5-8H,1-4H3,(H2,15,16,17,18). The Morgan fingerprint density at radius 1 is 1.00 bits per heavy atom. The first-order valence-electron chi connectivity index (χ1n) is 5.96. The molecule has 4 nitrogen and oxygen atoms in total. The predicted octanol–water partition coefficient (Wildman–Crippen LogP) is 2.73. The predicted molar refractivity (Wildman–Crippen MR) is 73.1 cm³/mol. The fraction of sp³-hybridized carbons (Fsp3) is 0.357. The molecular weight excluding hydrogens is 224 g/mol. The Morgan fingerprint density at radius 3 is 2.28 bits per heavy atom. The molecule has 2 rings (SSSR count). The molecule has 0 fully saturated rings. The van der Waals surface area contributed by atoms with Crippen LogP contribution >= 0.6 is 0 Å². The van der Waals surface area contributed by atoms with Crippen LogP contribution in [0.25, 0.3) is 11.4 Å². The Hall–Kier alpha value is -1.97. The Balaban J connectivity index is 2.60. The molecule has 2 aromatic rings. The van der Waals surface area contributed by atoms with Crippen LogP contribution in [0.2, 0.25) is 0 Å². The van der Waals surface area contributed by atoms with Gasteiger partial charge in [0.2, 0.25) is 5.95 Å². The Kier molecular flexibility index (Phi) is 3.03. The minimum absolute atomic E-state index is 0.144. The molecule has 0 aliphatic carbocycles. The molecular formula is C14H18N4. The van der Waals surface area contributed by atoms with Gasteiger partial charge in [-0.1, -0.05) is 45.0 Å². The number of nitrogens with two attached hydrogens (primary N) is 1. The van der Waals surface area contributed by atoms with Crippen molar-refractivity contribution in [2.24, 2.45) is 0 Å². The van der Waals surface area contributed by atoms with E-state index in [1.54, 1.807) is 0 Å². The van der Waals surface area contributed by atoms with Crippen molar-refractivity contribution in [1.82, 2.24) is 15.0 Å². The molecule has 2 N–H and O–H groups in total. The highest BCUT2D eigenvalue weighted by Crippen LogP contribution is 2.24. The summed E-state index contributed by atoms with van der Waals surface area (Å²) in [5, 5.41) is 0. The van der Waals surface area contributed by atoms with Gasteiger partial charge in [-0.3, -0.25) is 0 Å². The molecule has 0 aliphatic rings. The van der Waals surface area contributed by atoms with Gasteiger partial charge in [0.25, 0.3) is 0 Å². The number of nitrogens with zero attached hydrogens (tertiary/aromatic N) is 3. The van der Waals surface area contributed by atoms with Gasteiger partial charge in [0.15, 0.2) is 5.82 Å². The van der Waals surface area contributed by atoms with Crippen molar-refractivity contribution in [3.8, 4) is 11.4 Å². The monoisotopic (exact) mass is 242 g/mol. The fourth-order valence-corrected chi connectivity index (χ4v) is 1.67. The smallest absolute Gasteiger partial charge is 0.223 e. The third-order valence-corrected chi connectivity index (χ3v) is 2.71. The van der Waals surface area contributed by atoms with Gasteiger partial charge in [-0.2, -0.15) is 9.97 Å². The Bertz CT molecular complexity index is 570. The van der Waals surface area contributed by atoms with Crippen LogP contribution in [0.5, 0.6) is 0 Å². The first-order valence-corrected chi connectivity index (χ1v) is 5.96. The van der Waals surface area contributed by atoms with Gasteiger partial charge in [-0.05, 0) is 12.5 Å². The van der Waals surface area contributed by atoms with Crippen molar-refractivity contribution in [2.75, 3.05) is 5.73 Å². The van der Waals surface area contributed by atoms with Crippen molar-refractivity contribution < 1.29 is 0 Å². The maximum atomic E-state index is 5.78. The van der Waals surface area contributed by atoms with E-state index in [0.717, 1.165) is 11.1 Å². The van der Waals surface area contributed by atoms with Gasteiger partial charge in [0.1, 0.15) is 5.82 Å². The Labute approximate surface area is 107 Å². The summed E-state index contributed by atoms with van der Waals surface area (Å²) in [4.78, 5) is 13.0. The second-order valence-electron chi connectivity index (χ2n) is 5.41. The van der Waals surface area contributed by atoms with E-state index in [4.69, 9.17) is 5.73 Å². The molecule has 0 atom stereocenters. The van der Waals surface area contributed by atoms with E-state index in [-0.39, 0.29) is 11.4 Å². The summed E-state index contributed by atoms with van der Waals surface area (Å²) < 4.78 is 0. The van der Waals surface area contributed by atoms with Crippen LogP contribution in [0, 0.1) is 6.92 Å². The number of anilines is 1. The van der Waals surface area contributed by atoms with Gasteiger partial charge in [-0.15, -0.1) is 0 Å². The zero-order valence-corrected chi connectivity index (χ0v) is 11.2. The summed E-state index contributed by atoms with van der Waals surface area (Å²) in [6.07, 6.45) is 0. The molecule has 0 bridgehead atoms. The summed E-state index contributed by atoms with van der Waals surface area (Å²) in [7, 11) is 0. The van der Waals surface area contributed by atoms with Crippen LogP contribution in [0.4, 0.5) is 5.95 Å². The topological polar surface area (TPSA) is 64.7 Å². The van der Waals surface area contributed by atoms with Gasteiger partial charge in [-0.25, -0.2) is 4.98 Å². The van der Waals surface area contributed by atoms with Crippen LogP contribution in [0.15, 0.2) is 24.3 Å². The normalized spacial score (nSPS) is 11.6. The molecule has 18 heavy (non-hydrogen) atoms. The lowest BCUT2D eigenvalue weighted by atomic mass is 9.95. The quantitative estimate of drug-likeness (QED) is 0.835. The van der Waals surface area contributed by atoms with E-state index < -0.39 is 0 Å². The third-order valence-electron chi connectivity index (χ3n) is 2.71. The maximum absolute atomic E-state index is 5.78. The number of nitrogen functional groups attached to an aromatic ring is 1. The number of aromatic nitrogens is 3. The second kappa shape index (κ2) is 4.37. The molecule has 94 valence electrons. The first kappa shape index (κ1) is 12.5. The zero-order chi connectivity index (χ0) is 13.3. The van der Waals surface area contributed by atoms with E-state index >= 15 is 0 Å². The molecule has 0 amide bonds. The highest BCUT2D eigenvalue weighted by Gasteiger charge is 2.20. The molecule has 1 aromatic heterocycles. The van der Waals surface area contributed by atoms with E-state index in [2.05, 4.69) is 35.7 Å². The van der Waals surface area contributed by atoms with Crippen LogP contribution in [-0.4, -0.2) is 15.0 Å². The molecule has 0 saturated heterocycles. The van der Waals surface area contributed by atoms with Crippen LogP contribution < -0.4 is 5.73 Å². The summed E-state index contributed by atoms with van der Waals surface area (Å²) >= 11 is 0. The van der Waals surface area contributed by atoms with Crippen molar-refractivity contribution in [2.45, 2.75) is 33.1 Å². The summed E-state index contributed by atoms with van der Waals surface area (Å²) in [5.41, 5.74) is 7.76. The number of hydrogen-bond donors (Lipinski definition) is 1. The van der Waals surface area contributed by atoms with Gasteiger partial charge < -0.3 is 5.73 Å². The number of hydrogen-bond acceptors (Lipinski definition) is 4. The van der Waals surface area contributed by atoms with E-state index in [1.165, 1.54) is 0 Å². The van der Waals surface area contributed by atoms with Crippen LogP contribution in [0.3, 0.4) is 0 Å². The number of benzene rings is 1. The maximum Gasteiger partial charge on any atom is 0.223 e. The minimum Gasteiger partial charge on any atom is -0.368 e. The second-order valence-corrected chi connectivity index (χ2v) is 5.41. The SMILES string of the molecule is Cc1ccccc1-c1nc(N)nc(C(C)(C)C)n1. The number of aryl methyl sites for hydroxylation is 1. The lowest BCUT2D eigenvalue weighted by Gasteiger charge is -2.17. The van der Waals surface area contributed by atoms with Gasteiger partial charge >= 0.3 is 0 Å². The summed E-state index contributed by atoms with van der Waals surface area (Å²) in [5.74, 6) is 1.63. The lowest BCUT2D eigenvalue weighted by molar-refractivity contribution is 0.544. The third kappa shape index (κ3) is 2.47. The molecule has 0 aliphatic heterocycles. The molecule has 0 spiro atoms. The summed E-state index contributed by atoms with van der Waals surface area (Å²) in [6, 6.07) is 8.00. The lowest BCUT2D eigenvalue weighted by Crippen LogP contribution is -2.18. The van der Waals surface area contributed by atoms with Crippen molar-refractivity contribution in [1.29, 1.82) is 0 Å². The van der Waals surface area contributed by atoms with Crippen LogP contribution in [-0.2, 0) is 5.41 Å². The first-order chi connectivity index (χ1) is 8.38. The summed E-state index contributed by atoms with van der Waals surface area (Å²) in [6.45, 7) is 8.21. The van der Waals surface area contributed by atoms with Gasteiger partial charge in [0, 0.05) is 11.0 Å². The van der Waals surface area contributed by atoms with Crippen molar-refractivity contribution >= 4 is 5.95 Å². The zero-order valence-electron chi connectivity index (χ0n) is 11.2. The highest BCUT2D eigenvalue weighted by molar-refractivity contribution is 5.60. The number of rotatable bonds is 1. The van der Waals surface area contributed by atoms with E-state index in [9.17, 15) is 0 Å². The highest BCUT2D eigenvalue weighted by atomic mass is 15.1. The molecule has 4 heteroatoms. The largest absolute Gasteiger partial charge is 0.368 e. The van der Waals surface area contributed by atoms with Crippen molar-refractivity contribution in [3.05, 3.63) is 35.7 Å². The molecule has 1 aromatic carbocycles. The molecule has 1 heterocycles. The van der Waals surface area contributed by atoms with E-state index in [0.29, 0.717) is 11.6 Å². The average Bonchev–Trinajstić information content (AvgIpc) is 2.27.